The zero-order valence-corrected chi connectivity index (χ0v) is 15.5. The normalized spacial score (nSPS) is 11.0. The largest absolute Gasteiger partial charge is 0.508 e. The third-order valence-corrected chi connectivity index (χ3v) is 4.35. The summed E-state index contributed by atoms with van der Waals surface area (Å²) in [6, 6.07) is 4.99. The van der Waals surface area contributed by atoms with Gasteiger partial charge in [-0.05, 0) is 25.0 Å². The van der Waals surface area contributed by atoms with Crippen LogP contribution < -0.4 is 15.0 Å². The second-order valence-electron chi connectivity index (χ2n) is 6.28. The first-order chi connectivity index (χ1) is 12.1. The van der Waals surface area contributed by atoms with Crippen molar-refractivity contribution in [3.63, 3.8) is 0 Å². The molecule has 0 spiro atoms. The van der Waals surface area contributed by atoms with Gasteiger partial charge in [-0.25, -0.2) is 0 Å². The molecule has 0 aliphatic heterocycles. The SMILES string of the molecule is CCCCCCOc1c(OC)c2ccc(O)cc2n(CCCC)c1=O. The maximum absolute atomic E-state index is 13.0. The van der Waals surface area contributed by atoms with E-state index in [0.717, 1.165) is 43.9 Å². The molecule has 0 fully saturated rings. The molecule has 25 heavy (non-hydrogen) atoms. The van der Waals surface area contributed by atoms with Crippen molar-refractivity contribution in [2.45, 2.75) is 58.9 Å². The molecular formula is C20H29NO4. The van der Waals surface area contributed by atoms with Crippen LogP contribution in [-0.4, -0.2) is 23.4 Å². The molecular weight excluding hydrogens is 318 g/mol. The van der Waals surface area contributed by atoms with Gasteiger partial charge in [0.05, 0.1) is 19.2 Å². The number of fused-ring (bicyclic) bond motifs is 1. The van der Waals surface area contributed by atoms with Gasteiger partial charge in [0.15, 0.2) is 5.75 Å². The predicted molar refractivity (Wildman–Crippen MR) is 101 cm³/mol. The van der Waals surface area contributed by atoms with E-state index < -0.39 is 0 Å². The molecule has 0 saturated heterocycles. The van der Waals surface area contributed by atoms with Crippen molar-refractivity contribution < 1.29 is 14.6 Å². The fraction of sp³-hybridized carbons (Fsp3) is 0.550. The summed E-state index contributed by atoms with van der Waals surface area (Å²) in [6.45, 7) is 5.34. The first kappa shape index (κ1) is 19.2. The van der Waals surface area contributed by atoms with Crippen molar-refractivity contribution in [1.29, 1.82) is 0 Å². The van der Waals surface area contributed by atoms with E-state index in [1.165, 1.54) is 0 Å². The molecule has 0 bridgehead atoms. The van der Waals surface area contributed by atoms with Crippen LogP contribution in [0.3, 0.4) is 0 Å². The number of unbranched alkanes of at least 4 members (excludes halogenated alkanes) is 4. The van der Waals surface area contributed by atoms with Gasteiger partial charge in [-0.3, -0.25) is 4.79 Å². The number of nitrogens with zero attached hydrogens (tertiary/aromatic N) is 1. The summed E-state index contributed by atoms with van der Waals surface area (Å²) >= 11 is 0. The van der Waals surface area contributed by atoms with E-state index in [-0.39, 0.29) is 17.1 Å². The van der Waals surface area contributed by atoms with Crippen LogP contribution in [0.5, 0.6) is 17.2 Å². The van der Waals surface area contributed by atoms with E-state index in [9.17, 15) is 9.90 Å². The highest BCUT2D eigenvalue weighted by Crippen LogP contribution is 2.34. The number of aryl methyl sites for hydroxylation is 1. The summed E-state index contributed by atoms with van der Waals surface area (Å²) in [4.78, 5) is 13.0. The fourth-order valence-electron chi connectivity index (χ4n) is 2.96. The number of aromatic nitrogens is 1. The number of phenolic OH excluding ortho intramolecular Hbond substituents is 1. The van der Waals surface area contributed by atoms with E-state index >= 15 is 0 Å². The highest BCUT2D eigenvalue weighted by atomic mass is 16.5. The molecule has 0 amide bonds. The third kappa shape index (κ3) is 4.47. The number of phenols is 1. The van der Waals surface area contributed by atoms with E-state index in [4.69, 9.17) is 9.47 Å². The Labute approximate surface area is 149 Å². The van der Waals surface area contributed by atoms with Gasteiger partial charge in [0.2, 0.25) is 5.75 Å². The number of pyridine rings is 1. The fourth-order valence-corrected chi connectivity index (χ4v) is 2.96. The number of hydrogen-bond acceptors (Lipinski definition) is 4. The summed E-state index contributed by atoms with van der Waals surface area (Å²) in [7, 11) is 1.54. The molecule has 0 radical (unpaired) electrons. The van der Waals surface area contributed by atoms with Gasteiger partial charge in [0, 0.05) is 18.0 Å². The third-order valence-electron chi connectivity index (χ3n) is 4.35. The first-order valence-corrected chi connectivity index (χ1v) is 9.20. The van der Waals surface area contributed by atoms with Crippen molar-refractivity contribution in [3.8, 4) is 17.2 Å². The van der Waals surface area contributed by atoms with E-state index in [1.54, 1.807) is 29.9 Å². The van der Waals surface area contributed by atoms with E-state index in [1.807, 2.05) is 0 Å². The first-order valence-electron chi connectivity index (χ1n) is 9.20. The standard InChI is InChI=1S/C20H29NO4/c1-4-6-8-9-13-25-19-18(24-3)16-11-10-15(22)14-17(16)21(20(19)23)12-7-5-2/h10-11,14,22H,4-9,12-13H2,1-3H3. The van der Waals surface area contributed by atoms with Gasteiger partial charge >= 0.3 is 0 Å². The zero-order chi connectivity index (χ0) is 18.2. The highest BCUT2D eigenvalue weighted by Gasteiger charge is 2.19. The van der Waals surface area contributed by atoms with Crippen LogP contribution in [0, 0.1) is 0 Å². The molecule has 0 aliphatic rings. The summed E-state index contributed by atoms with van der Waals surface area (Å²) in [5.74, 6) is 0.851. The van der Waals surface area contributed by atoms with Gasteiger partial charge in [0.25, 0.3) is 5.56 Å². The molecule has 1 aromatic heterocycles. The Hall–Kier alpha value is -2.17. The summed E-state index contributed by atoms with van der Waals surface area (Å²) in [5, 5.41) is 10.6. The van der Waals surface area contributed by atoms with Crippen molar-refractivity contribution >= 4 is 10.9 Å². The minimum absolute atomic E-state index is 0.132. The Kier molecular flexibility index (Phi) is 7.16. The quantitative estimate of drug-likeness (QED) is 0.644. The van der Waals surface area contributed by atoms with E-state index in [2.05, 4.69) is 13.8 Å². The number of hydrogen-bond donors (Lipinski definition) is 1. The van der Waals surface area contributed by atoms with Crippen LogP contribution in [0.25, 0.3) is 10.9 Å². The van der Waals surface area contributed by atoms with E-state index in [0.29, 0.717) is 24.4 Å². The van der Waals surface area contributed by atoms with Crippen molar-refractivity contribution in [3.05, 3.63) is 28.6 Å². The molecule has 0 aliphatic carbocycles. The van der Waals surface area contributed by atoms with Gasteiger partial charge in [0.1, 0.15) is 5.75 Å². The minimum Gasteiger partial charge on any atom is -0.508 e. The summed E-state index contributed by atoms with van der Waals surface area (Å²) in [5.41, 5.74) is 0.479. The lowest BCUT2D eigenvalue weighted by atomic mass is 10.1. The topological polar surface area (TPSA) is 60.7 Å². The molecule has 1 N–H and O–H groups in total. The smallest absolute Gasteiger partial charge is 0.297 e. The van der Waals surface area contributed by atoms with Crippen LogP contribution in [0.15, 0.2) is 23.0 Å². The van der Waals surface area contributed by atoms with Crippen molar-refractivity contribution in [2.24, 2.45) is 0 Å². The molecule has 2 aromatic rings. The molecule has 0 unspecified atom stereocenters. The van der Waals surface area contributed by atoms with Crippen LogP contribution in [0.1, 0.15) is 52.4 Å². The Bertz CT molecular complexity index is 751. The zero-order valence-electron chi connectivity index (χ0n) is 15.5. The average molecular weight is 347 g/mol. The molecule has 1 heterocycles. The lowest BCUT2D eigenvalue weighted by Gasteiger charge is -2.17. The maximum Gasteiger partial charge on any atom is 0.297 e. The van der Waals surface area contributed by atoms with Gasteiger partial charge in [-0.2, -0.15) is 0 Å². The molecule has 5 heteroatoms. The Morgan fingerprint density at radius 2 is 1.80 bits per heavy atom. The van der Waals surface area contributed by atoms with Gasteiger partial charge < -0.3 is 19.1 Å². The molecule has 0 atom stereocenters. The van der Waals surface area contributed by atoms with Crippen molar-refractivity contribution in [2.75, 3.05) is 13.7 Å². The lowest BCUT2D eigenvalue weighted by molar-refractivity contribution is 0.280. The second kappa shape index (κ2) is 9.35. The number of aromatic hydroxyl groups is 1. The number of benzene rings is 1. The molecule has 0 saturated carbocycles. The van der Waals surface area contributed by atoms with Crippen LogP contribution in [0.4, 0.5) is 0 Å². The number of methoxy groups -OCH3 is 1. The lowest BCUT2D eigenvalue weighted by Crippen LogP contribution is -2.24. The minimum atomic E-state index is -0.195. The average Bonchev–Trinajstić information content (AvgIpc) is 2.61. The predicted octanol–water partition coefficient (Wildman–Crippen LogP) is 4.47. The van der Waals surface area contributed by atoms with Crippen LogP contribution >= 0.6 is 0 Å². The highest BCUT2D eigenvalue weighted by molar-refractivity contribution is 5.89. The maximum atomic E-state index is 13.0. The summed E-state index contributed by atoms with van der Waals surface area (Å²) in [6.07, 6.45) is 6.19. The number of rotatable bonds is 10. The van der Waals surface area contributed by atoms with Gasteiger partial charge in [-0.1, -0.05) is 39.5 Å². The molecule has 5 nitrogen and oxygen atoms in total. The Morgan fingerprint density at radius 1 is 1.04 bits per heavy atom. The van der Waals surface area contributed by atoms with Crippen molar-refractivity contribution in [1.82, 2.24) is 4.57 Å². The Morgan fingerprint density at radius 3 is 2.48 bits per heavy atom. The Balaban J connectivity index is 2.46. The molecule has 2 rings (SSSR count). The second-order valence-corrected chi connectivity index (χ2v) is 6.28. The monoisotopic (exact) mass is 347 g/mol. The number of ether oxygens (including phenoxy) is 2. The van der Waals surface area contributed by atoms with Gasteiger partial charge in [-0.15, -0.1) is 0 Å². The van der Waals surface area contributed by atoms with Crippen LogP contribution in [0.2, 0.25) is 0 Å². The van der Waals surface area contributed by atoms with Crippen LogP contribution in [-0.2, 0) is 6.54 Å². The summed E-state index contributed by atoms with van der Waals surface area (Å²) < 4.78 is 13.0. The molecule has 138 valence electrons. The molecule has 1 aromatic carbocycles.